The van der Waals surface area contributed by atoms with Gasteiger partial charge in [0.2, 0.25) is 0 Å². The molecule has 4 nitrogen and oxygen atoms in total. The minimum Gasteiger partial charge on any atom is -0.497 e. The van der Waals surface area contributed by atoms with Crippen molar-refractivity contribution in [2.24, 2.45) is 0 Å². The largest absolute Gasteiger partial charge is 0.497 e. The van der Waals surface area contributed by atoms with E-state index in [0.717, 1.165) is 29.4 Å². The molecule has 0 N–H and O–H groups in total. The molecule has 140 valence electrons. The third kappa shape index (κ3) is 9.04. The van der Waals surface area contributed by atoms with E-state index in [-0.39, 0.29) is 6.10 Å². The van der Waals surface area contributed by atoms with Crippen molar-refractivity contribution in [1.29, 1.82) is 0 Å². The van der Waals surface area contributed by atoms with Crippen LogP contribution in [0.2, 0.25) is 0 Å². The molecule has 0 saturated heterocycles. The summed E-state index contributed by atoms with van der Waals surface area (Å²) in [5.74, 6) is 0.405. The van der Waals surface area contributed by atoms with Crippen LogP contribution in [0.4, 0.5) is 0 Å². The highest BCUT2D eigenvalue weighted by Crippen LogP contribution is 2.12. The van der Waals surface area contributed by atoms with Crippen LogP contribution < -0.4 is 4.74 Å². The number of esters is 1. The predicted molar refractivity (Wildman–Crippen MR) is 105 cm³/mol. The maximum atomic E-state index is 11.3. The summed E-state index contributed by atoms with van der Waals surface area (Å²) >= 11 is 0. The summed E-state index contributed by atoms with van der Waals surface area (Å²) in [4.78, 5) is 11.3. The molecule has 0 saturated carbocycles. The quantitative estimate of drug-likeness (QED) is 0.178. The Kier molecular flexibility index (Phi) is 10.5. The highest BCUT2D eigenvalue weighted by molar-refractivity contribution is 5.81. The summed E-state index contributed by atoms with van der Waals surface area (Å²) in [5.41, 5.74) is 2.20. The number of hydrogen-bond acceptors (Lipinski definition) is 4. The van der Waals surface area contributed by atoms with Crippen molar-refractivity contribution in [3.8, 4) is 5.75 Å². The lowest BCUT2D eigenvalue weighted by atomic mass is 10.1. The molecule has 0 bridgehead atoms. The second-order valence-corrected chi connectivity index (χ2v) is 5.70. The molecule has 1 aromatic rings. The second-order valence-electron chi connectivity index (χ2n) is 5.70. The highest BCUT2D eigenvalue weighted by Gasteiger charge is 2.06. The van der Waals surface area contributed by atoms with Gasteiger partial charge in [-0.3, -0.25) is 0 Å². The first-order valence-electron chi connectivity index (χ1n) is 8.58. The lowest BCUT2D eigenvalue weighted by Crippen LogP contribution is -2.13. The van der Waals surface area contributed by atoms with Crippen LogP contribution in [0.25, 0.3) is 0 Å². The van der Waals surface area contributed by atoms with Crippen LogP contribution >= 0.6 is 0 Å². The van der Waals surface area contributed by atoms with Gasteiger partial charge >= 0.3 is 5.97 Å². The Hall–Kier alpha value is -2.59. The van der Waals surface area contributed by atoms with Gasteiger partial charge in [-0.1, -0.05) is 42.5 Å². The molecule has 1 rings (SSSR count). The van der Waals surface area contributed by atoms with E-state index in [1.54, 1.807) is 13.2 Å². The van der Waals surface area contributed by atoms with Gasteiger partial charge in [0.15, 0.2) is 0 Å². The highest BCUT2D eigenvalue weighted by atomic mass is 16.5. The predicted octanol–water partition coefficient (Wildman–Crippen LogP) is 4.78. The minimum absolute atomic E-state index is 0.326. The molecule has 4 heteroatoms. The SMILES string of the molecule is C=CC[C@H](/C=C/C(C)=C/CCOCc1ccc(OC)cc1)OC(=O)C=C. The first kappa shape index (κ1) is 21.5. The van der Waals surface area contributed by atoms with Gasteiger partial charge < -0.3 is 14.2 Å². The van der Waals surface area contributed by atoms with E-state index in [9.17, 15) is 4.79 Å². The van der Waals surface area contributed by atoms with E-state index in [0.29, 0.717) is 19.6 Å². The zero-order chi connectivity index (χ0) is 19.2. The van der Waals surface area contributed by atoms with Crippen LogP contribution in [-0.2, 0) is 20.9 Å². The van der Waals surface area contributed by atoms with Crippen molar-refractivity contribution in [1.82, 2.24) is 0 Å². The molecular formula is C22H28O4. The van der Waals surface area contributed by atoms with Crippen molar-refractivity contribution < 1.29 is 19.0 Å². The molecule has 0 aliphatic heterocycles. The summed E-state index contributed by atoms with van der Waals surface area (Å²) in [6.07, 6.45) is 9.81. The van der Waals surface area contributed by atoms with E-state index in [1.165, 1.54) is 0 Å². The summed E-state index contributed by atoms with van der Waals surface area (Å²) in [6, 6.07) is 7.83. The Morgan fingerprint density at radius 2 is 1.96 bits per heavy atom. The van der Waals surface area contributed by atoms with Crippen molar-refractivity contribution in [3.63, 3.8) is 0 Å². The molecule has 1 atom stereocenters. The van der Waals surface area contributed by atoms with Gasteiger partial charge in [-0.2, -0.15) is 0 Å². The number of carbonyl (C=O) groups is 1. The molecule has 0 amide bonds. The maximum Gasteiger partial charge on any atom is 0.330 e. The van der Waals surface area contributed by atoms with E-state index in [2.05, 4.69) is 19.2 Å². The number of benzene rings is 1. The average molecular weight is 356 g/mol. The summed E-state index contributed by atoms with van der Waals surface area (Å²) in [6.45, 7) is 10.3. The number of methoxy groups -OCH3 is 1. The molecule has 0 aromatic heterocycles. The number of allylic oxidation sites excluding steroid dienone is 2. The van der Waals surface area contributed by atoms with Crippen LogP contribution in [0.1, 0.15) is 25.3 Å². The van der Waals surface area contributed by atoms with Gasteiger partial charge in [-0.05, 0) is 37.1 Å². The van der Waals surface area contributed by atoms with Crippen LogP contribution in [0.5, 0.6) is 5.75 Å². The summed E-state index contributed by atoms with van der Waals surface area (Å²) in [5, 5.41) is 0. The first-order chi connectivity index (χ1) is 12.6. The fraction of sp³-hybridized carbons (Fsp3) is 0.318. The molecule has 0 heterocycles. The van der Waals surface area contributed by atoms with E-state index in [4.69, 9.17) is 14.2 Å². The van der Waals surface area contributed by atoms with Crippen LogP contribution in [0.3, 0.4) is 0 Å². The van der Waals surface area contributed by atoms with Gasteiger partial charge in [-0.15, -0.1) is 6.58 Å². The van der Waals surface area contributed by atoms with Crippen LogP contribution in [-0.4, -0.2) is 25.8 Å². The summed E-state index contributed by atoms with van der Waals surface area (Å²) < 4.78 is 16.0. The lowest BCUT2D eigenvalue weighted by Gasteiger charge is -2.10. The Bertz CT molecular complexity index is 626. The fourth-order valence-electron chi connectivity index (χ4n) is 2.14. The topological polar surface area (TPSA) is 44.8 Å². The molecule has 0 spiro atoms. The van der Waals surface area contributed by atoms with E-state index < -0.39 is 5.97 Å². The number of hydrogen-bond donors (Lipinski definition) is 0. The number of rotatable bonds is 12. The molecule has 1 aromatic carbocycles. The lowest BCUT2D eigenvalue weighted by molar-refractivity contribution is -0.140. The normalized spacial score (nSPS) is 12.6. The Morgan fingerprint density at radius 1 is 1.23 bits per heavy atom. The Morgan fingerprint density at radius 3 is 2.58 bits per heavy atom. The molecule has 0 aliphatic rings. The molecule has 0 radical (unpaired) electrons. The van der Waals surface area contributed by atoms with Gasteiger partial charge in [0.05, 0.1) is 20.3 Å². The van der Waals surface area contributed by atoms with Crippen molar-refractivity contribution in [2.45, 2.75) is 32.5 Å². The first-order valence-corrected chi connectivity index (χ1v) is 8.58. The Balaban J connectivity index is 2.35. The average Bonchev–Trinajstić information content (AvgIpc) is 2.66. The second kappa shape index (κ2) is 12.7. The maximum absolute atomic E-state index is 11.3. The van der Waals surface area contributed by atoms with Gasteiger partial charge in [0.25, 0.3) is 0 Å². The fourth-order valence-corrected chi connectivity index (χ4v) is 2.14. The zero-order valence-electron chi connectivity index (χ0n) is 15.6. The molecular weight excluding hydrogens is 328 g/mol. The van der Waals surface area contributed by atoms with Crippen LogP contribution in [0, 0.1) is 0 Å². The molecule has 0 aliphatic carbocycles. The minimum atomic E-state index is -0.435. The van der Waals surface area contributed by atoms with Gasteiger partial charge in [-0.25, -0.2) is 4.79 Å². The van der Waals surface area contributed by atoms with Crippen LogP contribution in [0.15, 0.2) is 73.4 Å². The zero-order valence-corrected chi connectivity index (χ0v) is 15.6. The van der Waals surface area contributed by atoms with E-state index >= 15 is 0 Å². The number of carbonyl (C=O) groups excluding carboxylic acids is 1. The monoisotopic (exact) mass is 356 g/mol. The van der Waals surface area contributed by atoms with Crippen molar-refractivity contribution >= 4 is 5.97 Å². The standard InChI is InChI=1S/C22H28O4/c1-5-8-21(26-22(23)6-2)13-10-18(3)9-7-16-25-17-19-11-14-20(24-4)15-12-19/h5-6,9-15,21H,1-2,7-8,16-17H2,3-4H3/b13-10+,18-9+/t21-/m1/s1. The molecule has 0 unspecified atom stereocenters. The summed E-state index contributed by atoms with van der Waals surface area (Å²) in [7, 11) is 1.65. The van der Waals surface area contributed by atoms with Crippen molar-refractivity contribution in [3.05, 3.63) is 78.9 Å². The number of ether oxygens (including phenoxy) is 3. The van der Waals surface area contributed by atoms with Crippen molar-refractivity contribution in [2.75, 3.05) is 13.7 Å². The smallest absolute Gasteiger partial charge is 0.330 e. The van der Waals surface area contributed by atoms with E-state index in [1.807, 2.05) is 43.3 Å². The molecule has 26 heavy (non-hydrogen) atoms. The Labute approximate surface area is 156 Å². The van der Waals surface area contributed by atoms with Gasteiger partial charge in [0.1, 0.15) is 11.9 Å². The molecule has 0 fully saturated rings. The third-order valence-corrected chi connectivity index (χ3v) is 3.56. The van der Waals surface area contributed by atoms with Gasteiger partial charge in [0, 0.05) is 12.5 Å². The third-order valence-electron chi connectivity index (χ3n) is 3.56.